The van der Waals surface area contributed by atoms with Gasteiger partial charge in [-0.15, -0.1) is 0 Å². The molecule has 7 N–H and O–H groups in total. The molecule has 1 saturated heterocycles. The van der Waals surface area contributed by atoms with Crippen molar-refractivity contribution in [1.29, 1.82) is 0 Å². The summed E-state index contributed by atoms with van der Waals surface area (Å²) in [5.74, 6) is -0.710. The molecule has 1 rings (SSSR count). The second-order valence-corrected chi connectivity index (χ2v) is 16.5. The first-order chi connectivity index (χ1) is 27.4. The predicted molar refractivity (Wildman–Crippen MR) is 224 cm³/mol. The van der Waals surface area contributed by atoms with Crippen molar-refractivity contribution in [2.24, 2.45) is 0 Å². The number of rotatable bonds is 36. The van der Waals surface area contributed by atoms with Gasteiger partial charge in [-0.3, -0.25) is 9.35 Å². The number of nitrogens with one attached hydrogen (secondary N) is 1. The Morgan fingerprint density at radius 2 is 1.19 bits per heavy atom. The number of hydrogen-bond acceptors (Lipinski definition) is 11. The summed E-state index contributed by atoms with van der Waals surface area (Å²) in [4.78, 5) is 13.1. The summed E-state index contributed by atoms with van der Waals surface area (Å²) in [5.41, 5.74) is 0. The molecule has 0 bridgehead atoms. The topological polar surface area (TPSA) is 212 Å². The largest absolute Gasteiger partial charge is 0.397 e. The lowest BCUT2D eigenvalue weighted by atomic mass is 9.99. The third-order valence-corrected chi connectivity index (χ3v) is 10.8. The van der Waals surface area contributed by atoms with E-state index in [1.807, 2.05) is 6.08 Å². The Morgan fingerprint density at radius 3 is 1.72 bits per heavy atom. The van der Waals surface area contributed by atoms with Crippen LogP contribution in [0.2, 0.25) is 0 Å². The van der Waals surface area contributed by atoms with E-state index in [4.69, 9.17) is 14.0 Å². The first-order valence-corrected chi connectivity index (χ1v) is 23.4. The number of ether oxygens (including phenoxy) is 2. The third-order valence-electron chi connectivity index (χ3n) is 10.3. The summed E-state index contributed by atoms with van der Waals surface area (Å²) in [6.45, 7) is 3.14. The molecular formula is C43H79NO12S. The van der Waals surface area contributed by atoms with Crippen molar-refractivity contribution in [1.82, 2.24) is 5.32 Å². The minimum absolute atomic E-state index is 0.237. The fourth-order valence-electron chi connectivity index (χ4n) is 6.74. The standard InChI is InChI=1S/C43H79NO12S/c1-3-5-7-9-11-13-15-16-17-18-19-20-21-22-24-26-28-30-32-37(47)42(50)44-35(36(46)31-29-27-25-23-14-12-10-8-6-4-2)34-54-43-40(49)41(56-57(51,52)53)39(48)38(33-45)55-43/h11,13,15-16,29,31,35-41,43,45-49H,3-10,12,14,17-28,30,32-34H2,1-2H3,(H,44,50)(H,51,52,53)/b13-11-,16-15-,31-29+. The molecule has 1 amide bonds. The predicted octanol–water partition coefficient (Wildman–Crippen LogP) is 6.91. The van der Waals surface area contributed by atoms with E-state index < -0.39 is 78.5 Å². The van der Waals surface area contributed by atoms with Crippen molar-refractivity contribution >= 4 is 16.3 Å². The van der Waals surface area contributed by atoms with Gasteiger partial charge in [-0.2, -0.15) is 8.42 Å². The molecule has 57 heavy (non-hydrogen) atoms. The van der Waals surface area contributed by atoms with Crippen LogP contribution in [0, 0.1) is 0 Å². The lowest BCUT2D eigenvalue weighted by molar-refractivity contribution is -0.298. The van der Waals surface area contributed by atoms with E-state index in [1.54, 1.807) is 0 Å². The minimum atomic E-state index is -5.11. The SMILES string of the molecule is CCCCC/C=C\C=C/CCCCCCCCCCCC(O)C(=O)NC(COC1OC(CO)C(O)C(OS(=O)(=O)O)C1O)C(O)/C=C/CCCCCCCCCC. The van der Waals surface area contributed by atoms with Gasteiger partial charge in [-0.05, 0) is 44.9 Å². The third kappa shape index (κ3) is 26.9. The zero-order valence-electron chi connectivity index (χ0n) is 35.0. The average Bonchev–Trinajstić information content (AvgIpc) is 3.18. The Hall–Kier alpha value is -1.72. The zero-order chi connectivity index (χ0) is 42.2. The molecule has 0 radical (unpaired) electrons. The highest BCUT2D eigenvalue weighted by atomic mass is 32.3. The van der Waals surface area contributed by atoms with E-state index in [0.29, 0.717) is 12.8 Å². The Labute approximate surface area is 344 Å². The Morgan fingerprint density at radius 1 is 0.719 bits per heavy atom. The van der Waals surface area contributed by atoms with Gasteiger partial charge in [-0.1, -0.05) is 159 Å². The highest BCUT2D eigenvalue weighted by Crippen LogP contribution is 2.26. The summed E-state index contributed by atoms with van der Waals surface area (Å²) in [7, 11) is -5.11. The van der Waals surface area contributed by atoms with E-state index in [0.717, 1.165) is 57.8 Å². The molecule has 1 heterocycles. The van der Waals surface area contributed by atoms with E-state index in [9.17, 15) is 38.7 Å². The van der Waals surface area contributed by atoms with Gasteiger partial charge in [-0.25, -0.2) is 4.18 Å². The monoisotopic (exact) mass is 834 g/mol. The van der Waals surface area contributed by atoms with Crippen LogP contribution < -0.4 is 5.32 Å². The van der Waals surface area contributed by atoms with Crippen LogP contribution in [0.15, 0.2) is 36.5 Å². The summed E-state index contributed by atoms with van der Waals surface area (Å²) in [6, 6.07) is -1.12. The number of hydrogen-bond donors (Lipinski definition) is 7. The van der Waals surface area contributed by atoms with Gasteiger partial charge in [0.25, 0.3) is 0 Å². The smallest absolute Gasteiger partial charge is 0.394 e. The molecule has 14 heteroatoms. The summed E-state index contributed by atoms with van der Waals surface area (Å²) in [6.07, 6.45) is 26.6. The molecule has 0 aromatic heterocycles. The molecule has 8 atom stereocenters. The van der Waals surface area contributed by atoms with Crippen LogP contribution in [0.25, 0.3) is 0 Å². The van der Waals surface area contributed by atoms with Crippen molar-refractivity contribution < 1.29 is 57.0 Å². The number of carbonyl (C=O) groups excluding carboxylic acids is 1. The Bertz CT molecular complexity index is 1180. The van der Waals surface area contributed by atoms with Crippen molar-refractivity contribution in [3.63, 3.8) is 0 Å². The van der Waals surface area contributed by atoms with Gasteiger partial charge in [0, 0.05) is 0 Å². The molecule has 0 aromatic rings. The van der Waals surface area contributed by atoms with Crippen LogP contribution in [0.5, 0.6) is 0 Å². The van der Waals surface area contributed by atoms with Crippen molar-refractivity contribution in [2.45, 2.75) is 217 Å². The molecule has 1 aliphatic rings. The van der Waals surface area contributed by atoms with Gasteiger partial charge in [0.1, 0.15) is 30.5 Å². The van der Waals surface area contributed by atoms with Crippen molar-refractivity contribution in [2.75, 3.05) is 13.2 Å². The van der Waals surface area contributed by atoms with E-state index >= 15 is 0 Å². The molecule has 13 nitrogen and oxygen atoms in total. The molecule has 0 spiro atoms. The van der Waals surface area contributed by atoms with Crippen LogP contribution >= 0.6 is 0 Å². The number of carbonyl (C=O) groups is 1. The maximum Gasteiger partial charge on any atom is 0.397 e. The maximum absolute atomic E-state index is 13.1. The lowest BCUT2D eigenvalue weighted by Gasteiger charge is -2.41. The van der Waals surface area contributed by atoms with Gasteiger partial charge in [0.2, 0.25) is 5.91 Å². The molecule has 334 valence electrons. The van der Waals surface area contributed by atoms with E-state index in [1.165, 1.54) is 83.1 Å². The second kappa shape index (κ2) is 34.0. The first kappa shape index (κ1) is 53.3. The van der Waals surface area contributed by atoms with Crippen LogP contribution in [0.4, 0.5) is 0 Å². The number of aliphatic hydroxyl groups excluding tert-OH is 5. The Balaban J connectivity index is 2.57. The molecule has 0 aliphatic carbocycles. The lowest BCUT2D eigenvalue weighted by Crippen LogP contribution is -2.61. The number of amides is 1. The van der Waals surface area contributed by atoms with Crippen molar-refractivity contribution in [3.05, 3.63) is 36.5 Å². The molecular weight excluding hydrogens is 755 g/mol. The van der Waals surface area contributed by atoms with Gasteiger partial charge in [0.05, 0.1) is 25.4 Å². The fraction of sp³-hybridized carbons (Fsp3) is 0.837. The molecule has 0 saturated carbocycles. The number of aliphatic hydroxyl groups is 5. The molecule has 0 aromatic carbocycles. The van der Waals surface area contributed by atoms with E-state index in [-0.39, 0.29) is 6.42 Å². The second-order valence-electron chi connectivity index (χ2n) is 15.5. The summed E-state index contributed by atoms with van der Waals surface area (Å²) < 4.78 is 47.4. The highest BCUT2D eigenvalue weighted by Gasteiger charge is 2.48. The Kier molecular flexibility index (Phi) is 31.8. The maximum atomic E-state index is 13.1. The number of unbranched alkanes of at least 4 members (excludes halogenated alkanes) is 20. The fourth-order valence-corrected chi connectivity index (χ4v) is 7.25. The molecule has 1 fully saturated rings. The highest BCUT2D eigenvalue weighted by molar-refractivity contribution is 7.80. The summed E-state index contributed by atoms with van der Waals surface area (Å²) >= 11 is 0. The van der Waals surface area contributed by atoms with Crippen LogP contribution in [-0.2, 0) is 28.9 Å². The first-order valence-electron chi connectivity index (χ1n) is 22.0. The quantitative estimate of drug-likeness (QED) is 0.0149. The van der Waals surface area contributed by atoms with Crippen LogP contribution in [0.3, 0.4) is 0 Å². The normalized spacial score (nSPS) is 22.1. The zero-order valence-corrected chi connectivity index (χ0v) is 35.8. The van der Waals surface area contributed by atoms with Gasteiger partial charge in [0.15, 0.2) is 6.29 Å². The van der Waals surface area contributed by atoms with Gasteiger partial charge < -0.3 is 40.3 Å². The van der Waals surface area contributed by atoms with Gasteiger partial charge >= 0.3 is 10.4 Å². The van der Waals surface area contributed by atoms with E-state index in [2.05, 4.69) is 47.7 Å². The number of allylic oxidation sites excluding steroid dienone is 5. The van der Waals surface area contributed by atoms with Crippen molar-refractivity contribution in [3.8, 4) is 0 Å². The van der Waals surface area contributed by atoms with Crippen LogP contribution in [0.1, 0.15) is 168 Å². The average molecular weight is 834 g/mol. The van der Waals surface area contributed by atoms with Crippen LogP contribution in [-0.4, -0.2) is 107 Å². The minimum Gasteiger partial charge on any atom is -0.394 e. The summed E-state index contributed by atoms with van der Waals surface area (Å²) in [5, 5.41) is 55.0. The molecule has 1 aliphatic heterocycles. The molecule has 8 unspecified atom stereocenters.